The van der Waals surface area contributed by atoms with Gasteiger partial charge >= 0.3 is 0 Å². The number of aromatic nitrogens is 2. The van der Waals surface area contributed by atoms with Crippen molar-refractivity contribution in [1.82, 2.24) is 9.38 Å². The predicted octanol–water partition coefficient (Wildman–Crippen LogP) is 5.21. The van der Waals surface area contributed by atoms with E-state index >= 15 is 0 Å². The molecule has 0 unspecified atom stereocenters. The number of hydrogen-bond acceptors (Lipinski definition) is 3. The Morgan fingerprint density at radius 3 is 2.56 bits per heavy atom. The number of nitrogens with one attached hydrogen (secondary N) is 1. The van der Waals surface area contributed by atoms with Gasteiger partial charge in [0.05, 0.1) is 16.6 Å². The molecule has 132 valence electrons. The number of nitrogens with zero attached hydrogens (tertiary/aromatic N) is 3. The number of nitriles is 1. The van der Waals surface area contributed by atoms with Crippen LogP contribution in [0.15, 0.2) is 42.5 Å². The molecule has 4 aromatic rings. The number of fused-ring (bicyclic) bond motifs is 4. The van der Waals surface area contributed by atoms with E-state index in [4.69, 9.17) is 4.98 Å². The topological polar surface area (TPSA) is 53.1 Å². The summed E-state index contributed by atoms with van der Waals surface area (Å²) in [4.78, 5) is 4.80. The highest BCUT2D eigenvalue weighted by atomic mass is 15.1. The SMILES string of the molecule is Cc1cc(C)cc(Nc2c3c(c(C#N)c4nc5ccccc5n24)CCC3)c1. The summed E-state index contributed by atoms with van der Waals surface area (Å²) in [6.07, 6.45) is 3.01. The van der Waals surface area contributed by atoms with Crippen molar-refractivity contribution in [3.05, 3.63) is 70.3 Å². The van der Waals surface area contributed by atoms with Gasteiger partial charge in [-0.15, -0.1) is 0 Å². The van der Waals surface area contributed by atoms with Crippen molar-refractivity contribution < 1.29 is 0 Å². The summed E-state index contributed by atoms with van der Waals surface area (Å²) in [5.74, 6) is 1.05. The third-order valence-electron chi connectivity index (χ3n) is 5.41. The first-order valence-electron chi connectivity index (χ1n) is 9.36. The molecule has 0 radical (unpaired) electrons. The van der Waals surface area contributed by atoms with E-state index in [0.29, 0.717) is 0 Å². The molecule has 5 rings (SSSR count). The maximum Gasteiger partial charge on any atom is 0.157 e. The molecule has 4 nitrogen and oxygen atoms in total. The third-order valence-corrected chi connectivity index (χ3v) is 5.41. The van der Waals surface area contributed by atoms with Crippen molar-refractivity contribution >= 4 is 28.2 Å². The lowest BCUT2D eigenvalue weighted by molar-refractivity contribution is 0.910. The fourth-order valence-electron chi connectivity index (χ4n) is 4.40. The van der Waals surface area contributed by atoms with Gasteiger partial charge in [0.25, 0.3) is 0 Å². The molecule has 0 fully saturated rings. The van der Waals surface area contributed by atoms with Crippen molar-refractivity contribution in [1.29, 1.82) is 5.26 Å². The van der Waals surface area contributed by atoms with Crippen molar-refractivity contribution in [3.8, 4) is 6.07 Å². The molecular weight excluding hydrogens is 332 g/mol. The molecule has 2 heterocycles. The van der Waals surface area contributed by atoms with Crippen LogP contribution in [-0.2, 0) is 12.8 Å². The van der Waals surface area contributed by atoms with Crippen LogP contribution in [0.2, 0.25) is 0 Å². The van der Waals surface area contributed by atoms with E-state index in [2.05, 4.69) is 53.9 Å². The number of aryl methyl sites for hydroxylation is 2. The van der Waals surface area contributed by atoms with Crippen LogP contribution in [0.4, 0.5) is 11.5 Å². The highest BCUT2D eigenvalue weighted by Crippen LogP contribution is 2.37. The minimum atomic E-state index is 0.727. The minimum Gasteiger partial charge on any atom is -0.341 e. The van der Waals surface area contributed by atoms with Crippen molar-refractivity contribution in [2.75, 3.05) is 5.32 Å². The second kappa shape index (κ2) is 5.85. The number of benzene rings is 2. The number of hydrogen-bond donors (Lipinski definition) is 1. The zero-order valence-corrected chi connectivity index (χ0v) is 15.5. The smallest absolute Gasteiger partial charge is 0.157 e. The first-order chi connectivity index (χ1) is 13.2. The molecule has 1 aliphatic carbocycles. The number of imidazole rings is 1. The summed E-state index contributed by atoms with van der Waals surface area (Å²) in [6, 6.07) is 17.0. The van der Waals surface area contributed by atoms with Gasteiger partial charge < -0.3 is 5.32 Å². The highest BCUT2D eigenvalue weighted by molar-refractivity contribution is 5.87. The van der Waals surface area contributed by atoms with Crippen LogP contribution in [-0.4, -0.2) is 9.38 Å². The third kappa shape index (κ3) is 2.39. The molecule has 2 aromatic heterocycles. The minimum absolute atomic E-state index is 0.727. The average Bonchev–Trinajstić information content (AvgIpc) is 3.25. The van der Waals surface area contributed by atoms with Gasteiger partial charge in [-0.2, -0.15) is 5.26 Å². The van der Waals surface area contributed by atoms with Gasteiger partial charge in [-0.25, -0.2) is 4.98 Å². The fraction of sp³-hybridized carbons (Fsp3) is 0.217. The lowest BCUT2D eigenvalue weighted by Crippen LogP contribution is -2.06. The Morgan fingerprint density at radius 2 is 1.78 bits per heavy atom. The van der Waals surface area contributed by atoms with Crippen LogP contribution in [0.5, 0.6) is 0 Å². The molecule has 0 saturated heterocycles. The summed E-state index contributed by atoms with van der Waals surface area (Å²) >= 11 is 0. The Morgan fingerprint density at radius 1 is 1.04 bits per heavy atom. The standard InChI is InChI=1S/C23H20N4/c1-14-10-15(2)12-16(11-14)25-22-18-7-5-6-17(18)19(13-24)23-26-20-8-3-4-9-21(20)27(22)23/h3-4,8-12,25H,5-7H2,1-2H3. The molecular formula is C23H20N4. The maximum atomic E-state index is 9.85. The zero-order valence-electron chi connectivity index (χ0n) is 15.5. The molecule has 0 bridgehead atoms. The molecule has 0 spiro atoms. The lowest BCUT2D eigenvalue weighted by Gasteiger charge is -2.17. The monoisotopic (exact) mass is 352 g/mol. The van der Waals surface area contributed by atoms with E-state index in [1.54, 1.807) is 0 Å². The number of anilines is 2. The van der Waals surface area contributed by atoms with Gasteiger partial charge in [0.1, 0.15) is 11.9 Å². The van der Waals surface area contributed by atoms with Crippen LogP contribution in [0.3, 0.4) is 0 Å². The van der Waals surface area contributed by atoms with E-state index in [-0.39, 0.29) is 0 Å². The zero-order chi connectivity index (χ0) is 18.5. The summed E-state index contributed by atoms with van der Waals surface area (Å²) in [5.41, 5.74) is 9.38. The van der Waals surface area contributed by atoms with Crippen molar-refractivity contribution in [2.24, 2.45) is 0 Å². The average molecular weight is 352 g/mol. The first kappa shape index (κ1) is 15.9. The maximum absolute atomic E-state index is 9.85. The Bertz CT molecular complexity index is 1240. The van der Waals surface area contributed by atoms with Gasteiger partial charge in [-0.05, 0) is 79.6 Å². The van der Waals surface area contributed by atoms with Gasteiger partial charge in [0.15, 0.2) is 5.65 Å². The van der Waals surface area contributed by atoms with E-state index in [9.17, 15) is 5.26 Å². The van der Waals surface area contributed by atoms with E-state index in [1.807, 2.05) is 18.2 Å². The van der Waals surface area contributed by atoms with E-state index in [1.165, 1.54) is 16.7 Å². The molecule has 1 aliphatic rings. The number of pyridine rings is 1. The Hall–Kier alpha value is -3.32. The molecule has 1 N–H and O–H groups in total. The number of para-hydroxylation sites is 2. The van der Waals surface area contributed by atoms with Crippen LogP contribution in [0.25, 0.3) is 16.7 Å². The van der Waals surface area contributed by atoms with E-state index < -0.39 is 0 Å². The van der Waals surface area contributed by atoms with Gasteiger partial charge in [-0.3, -0.25) is 4.40 Å². The second-order valence-corrected chi connectivity index (χ2v) is 7.41. The molecule has 0 atom stereocenters. The van der Waals surface area contributed by atoms with Crippen LogP contribution >= 0.6 is 0 Å². The second-order valence-electron chi connectivity index (χ2n) is 7.41. The van der Waals surface area contributed by atoms with Crippen LogP contribution in [0, 0.1) is 25.2 Å². The summed E-state index contributed by atoms with van der Waals surface area (Å²) in [7, 11) is 0. The summed E-state index contributed by atoms with van der Waals surface area (Å²) in [5, 5.41) is 13.5. The molecule has 2 aromatic carbocycles. The Balaban J connectivity index is 1.86. The lowest BCUT2D eigenvalue weighted by atomic mass is 10.1. The summed E-state index contributed by atoms with van der Waals surface area (Å²) in [6.45, 7) is 4.23. The van der Waals surface area contributed by atoms with Gasteiger partial charge in [0, 0.05) is 5.69 Å². The van der Waals surface area contributed by atoms with Crippen LogP contribution in [0.1, 0.15) is 34.2 Å². The quantitative estimate of drug-likeness (QED) is 0.539. The number of rotatable bonds is 2. The molecule has 4 heteroatoms. The molecule has 0 aliphatic heterocycles. The van der Waals surface area contributed by atoms with Gasteiger partial charge in [-0.1, -0.05) is 18.2 Å². The normalized spacial score (nSPS) is 13.1. The van der Waals surface area contributed by atoms with Gasteiger partial charge in [0.2, 0.25) is 0 Å². The molecule has 0 amide bonds. The first-order valence-corrected chi connectivity index (χ1v) is 9.36. The molecule has 0 saturated carbocycles. The predicted molar refractivity (Wildman–Crippen MR) is 109 cm³/mol. The van der Waals surface area contributed by atoms with Crippen LogP contribution < -0.4 is 5.32 Å². The van der Waals surface area contributed by atoms with Crippen molar-refractivity contribution in [2.45, 2.75) is 33.1 Å². The van der Waals surface area contributed by atoms with Crippen molar-refractivity contribution in [3.63, 3.8) is 0 Å². The highest BCUT2D eigenvalue weighted by Gasteiger charge is 2.25. The summed E-state index contributed by atoms with van der Waals surface area (Å²) < 4.78 is 2.13. The Labute approximate surface area is 158 Å². The molecule has 27 heavy (non-hydrogen) atoms. The van der Waals surface area contributed by atoms with E-state index in [0.717, 1.165) is 58.6 Å². The fourth-order valence-corrected chi connectivity index (χ4v) is 4.40. The largest absolute Gasteiger partial charge is 0.341 e. The Kier molecular flexibility index (Phi) is 3.45.